The van der Waals surface area contributed by atoms with E-state index >= 15 is 0 Å². The van der Waals surface area contributed by atoms with E-state index in [0.717, 1.165) is 16.7 Å². The monoisotopic (exact) mass is 452 g/mol. The molecule has 0 saturated carbocycles. The molecule has 0 spiro atoms. The second-order valence-electron chi connectivity index (χ2n) is 10.6. The van der Waals surface area contributed by atoms with Crippen LogP contribution in [0.15, 0.2) is 48.5 Å². The van der Waals surface area contributed by atoms with Crippen molar-refractivity contribution in [2.75, 3.05) is 6.61 Å². The zero-order valence-electron chi connectivity index (χ0n) is 21.5. The van der Waals surface area contributed by atoms with Gasteiger partial charge in [-0.15, -0.1) is 0 Å². The molecule has 2 aromatic rings. The van der Waals surface area contributed by atoms with Gasteiger partial charge in [0.1, 0.15) is 11.8 Å². The highest BCUT2D eigenvalue weighted by Gasteiger charge is 2.31. The summed E-state index contributed by atoms with van der Waals surface area (Å²) >= 11 is 0. The first-order valence-electron chi connectivity index (χ1n) is 11.7. The molecule has 2 amide bonds. The van der Waals surface area contributed by atoms with Crippen LogP contribution in [0.3, 0.4) is 0 Å². The van der Waals surface area contributed by atoms with Crippen LogP contribution in [0.2, 0.25) is 0 Å². The topological polar surface area (TPSA) is 58.6 Å². The van der Waals surface area contributed by atoms with Crippen molar-refractivity contribution in [3.63, 3.8) is 0 Å². The van der Waals surface area contributed by atoms with Crippen LogP contribution in [0.5, 0.6) is 5.75 Å². The number of nitrogens with one attached hydrogen (secondary N) is 1. The Morgan fingerprint density at radius 3 is 2.15 bits per heavy atom. The van der Waals surface area contributed by atoms with E-state index in [-0.39, 0.29) is 29.4 Å². The summed E-state index contributed by atoms with van der Waals surface area (Å²) in [5.74, 6) is 0.335. The number of para-hydroxylation sites is 1. The van der Waals surface area contributed by atoms with E-state index in [1.54, 1.807) is 4.90 Å². The normalized spacial score (nSPS) is 12.7. The van der Waals surface area contributed by atoms with Gasteiger partial charge in [-0.25, -0.2) is 0 Å². The molecule has 0 aliphatic heterocycles. The Kier molecular flexibility index (Phi) is 8.70. The van der Waals surface area contributed by atoms with Gasteiger partial charge in [-0.3, -0.25) is 9.59 Å². The Bertz CT molecular complexity index is 954. The number of benzene rings is 2. The third kappa shape index (κ3) is 7.62. The van der Waals surface area contributed by atoms with E-state index in [1.165, 1.54) is 0 Å². The summed E-state index contributed by atoms with van der Waals surface area (Å²) in [5, 5.41) is 3.04. The molecule has 0 aliphatic rings. The van der Waals surface area contributed by atoms with Gasteiger partial charge in [-0.1, -0.05) is 70.2 Å². The van der Waals surface area contributed by atoms with Gasteiger partial charge in [-0.05, 0) is 62.3 Å². The summed E-state index contributed by atoms with van der Waals surface area (Å²) in [6.45, 7) is 16.4. The summed E-state index contributed by atoms with van der Waals surface area (Å²) < 4.78 is 6.03. The minimum Gasteiger partial charge on any atom is -0.483 e. The van der Waals surface area contributed by atoms with Gasteiger partial charge >= 0.3 is 0 Å². The van der Waals surface area contributed by atoms with Crippen molar-refractivity contribution in [3.05, 3.63) is 65.2 Å². The van der Waals surface area contributed by atoms with Crippen molar-refractivity contribution in [1.82, 2.24) is 10.2 Å². The van der Waals surface area contributed by atoms with Gasteiger partial charge in [-0.2, -0.15) is 0 Å². The minimum absolute atomic E-state index is 0.112. The fourth-order valence-electron chi connectivity index (χ4n) is 3.78. The zero-order chi connectivity index (χ0) is 24.8. The molecule has 180 valence electrons. The first kappa shape index (κ1) is 26.4. The number of hydrogen-bond acceptors (Lipinski definition) is 3. The summed E-state index contributed by atoms with van der Waals surface area (Å²) in [6, 6.07) is 15.2. The van der Waals surface area contributed by atoms with Crippen LogP contribution in [-0.2, 0) is 21.5 Å². The van der Waals surface area contributed by atoms with Crippen molar-refractivity contribution in [2.45, 2.75) is 85.4 Å². The summed E-state index contributed by atoms with van der Waals surface area (Å²) in [6.07, 6.45) is 0.512. The number of amides is 2. The van der Waals surface area contributed by atoms with Gasteiger partial charge < -0.3 is 15.0 Å². The van der Waals surface area contributed by atoms with E-state index in [4.69, 9.17) is 4.74 Å². The Morgan fingerprint density at radius 2 is 1.58 bits per heavy atom. The lowest BCUT2D eigenvalue weighted by molar-refractivity contribution is -0.143. The highest BCUT2D eigenvalue weighted by molar-refractivity contribution is 5.88. The van der Waals surface area contributed by atoms with Crippen molar-refractivity contribution >= 4 is 11.8 Å². The lowest BCUT2D eigenvalue weighted by Gasteiger charge is -2.33. The number of ether oxygens (including phenoxy) is 1. The Morgan fingerprint density at radius 1 is 0.970 bits per heavy atom. The molecule has 0 fully saturated rings. The number of rotatable bonds is 8. The lowest BCUT2D eigenvalue weighted by Crippen LogP contribution is -2.54. The first-order chi connectivity index (χ1) is 15.3. The molecule has 1 N–H and O–H groups in total. The third-order valence-corrected chi connectivity index (χ3v) is 5.53. The van der Waals surface area contributed by atoms with Gasteiger partial charge in [0.15, 0.2) is 6.61 Å². The first-order valence-corrected chi connectivity index (χ1v) is 11.7. The smallest absolute Gasteiger partial charge is 0.261 e. The predicted molar refractivity (Wildman–Crippen MR) is 134 cm³/mol. The maximum Gasteiger partial charge on any atom is 0.261 e. The molecule has 0 bridgehead atoms. The Balaban J connectivity index is 2.32. The maximum absolute atomic E-state index is 13.5. The van der Waals surface area contributed by atoms with Crippen molar-refractivity contribution in [2.24, 2.45) is 0 Å². The maximum atomic E-state index is 13.5. The highest BCUT2D eigenvalue weighted by Crippen LogP contribution is 2.31. The Labute approximate surface area is 199 Å². The Hall–Kier alpha value is -2.82. The van der Waals surface area contributed by atoms with E-state index in [9.17, 15) is 9.59 Å². The molecule has 2 aromatic carbocycles. The van der Waals surface area contributed by atoms with E-state index in [0.29, 0.717) is 18.7 Å². The highest BCUT2D eigenvalue weighted by atomic mass is 16.5. The SMILES string of the molecule is CC[C@@H](C(=O)NC(C)(C)C)N(Cc1ccccc1C)C(=O)COc1ccccc1C(C)(C)C. The van der Waals surface area contributed by atoms with Gasteiger partial charge in [0.2, 0.25) is 5.91 Å². The van der Waals surface area contributed by atoms with E-state index in [1.807, 2.05) is 83.1 Å². The molecule has 0 heterocycles. The molecule has 5 nitrogen and oxygen atoms in total. The average molecular weight is 453 g/mol. The number of nitrogens with zero attached hydrogens (tertiary/aromatic N) is 1. The van der Waals surface area contributed by atoms with Crippen molar-refractivity contribution < 1.29 is 14.3 Å². The van der Waals surface area contributed by atoms with Crippen LogP contribution in [0.4, 0.5) is 0 Å². The molecular formula is C28H40N2O3. The molecule has 0 unspecified atom stereocenters. The van der Waals surface area contributed by atoms with Crippen LogP contribution in [0.1, 0.15) is 71.6 Å². The van der Waals surface area contributed by atoms with Crippen LogP contribution < -0.4 is 10.1 Å². The average Bonchev–Trinajstić information content (AvgIpc) is 2.71. The molecular weight excluding hydrogens is 412 g/mol. The molecule has 2 rings (SSSR count). The molecule has 5 heteroatoms. The number of hydrogen-bond donors (Lipinski definition) is 1. The lowest BCUT2D eigenvalue weighted by atomic mass is 9.86. The summed E-state index contributed by atoms with van der Waals surface area (Å²) in [4.78, 5) is 28.3. The largest absolute Gasteiger partial charge is 0.483 e. The van der Waals surface area contributed by atoms with Gasteiger partial charge in [0.25, 0.3) is 5.91 Å². The minimum atomic E-state index is -0.585. The second-order valence-corrected chi connectivity index (χ2v) is 10.6. The molecule has 0 aromatic heterocycles. The van der Waals surface area contributed by atoms with Crippen LogP contribution >= 0.6 is 0 Å². The van der Waals surface area contributed by atoms with Gasteiger partial charge in [0.05, 0.1) is 0 Å². The van der Waals surface area contributed by atoms with Crippen LogP contribution in [0, 0.1) is 6.92 Å². The quantitative estimate of drug-likeness (QED) is 0.584. The van der Waals surface area contributed by atoms with Crippen molar-refractivity contribution in [1.29, 1.82) is 0 Å². The standard InChI is InChI=1S/C28H40N2O3/c1-9-23(26(32)29-28(6,7)8)30(18-21-15-11-10-14-20(21)2)25(31)19-33-24-17-13-12-16-22(24)27(3,4)5/h10-17,23H,9,18-19H2,1-8H3,(H,29,32)/t23-/m0/s1. The molecule has 1 atom stereocenters. The fourth-order valence-corrected chi connectivity index (χ4v) is 3.78. The molecule has 0 radical (unpaired) electrons. The fraction of sp³-hybridized carbons (Fsp3) is 0.500. The van der Waals surface area contributed by atoms with Crippen LogP contribution in [0.25, 0.3) is 0 Å². The molecule has 0 aliphatic carbocycles. The molecule has 0 saturated heterocycles. The van der Waals surface area contributed by atoms with E-state index < -0.39 is 6.04 Å². The summed E-state index contributed by atoms with van der Waals surface area (Å²) in [7, 11) is 0. The van der Waals surface area contributed by atoms with Crippen LogP contribution in [-0.4, -0.2) is 34.9 Å². The number of carbonyl (C=O) groups is 2. The third-order valence-electron chi connectivity index (χ3n) is 5.53. The van der Waals surface area contributed by atoms with Crippen molar-refractivity contribution in [3.8, 4) is 5.75 Å². The van der Waals surface area contributed by atoms with Gasteiger partial charge in [0, 0.05) is 12.1 Å². The zero-order valence-corrected chi connectivity index (χ0v) is 21.5. The summed E-state index contributed by atoms with van der Waals surface area (Å²) in [5.41, 5.74) is 2.65. The second kappa shape index (κ2) is 10.9. The number of aryl methyl sites for hydroxylation is 1. The number of carbonyl (C=O) groups excluding carboxylic acids is 2. The predicted octanol–water partition coefficient (Wildman–Crippen LogP) is 5.39. The van der Waals surface area contributed by atoms with E-state index in [2.05, 4.69) is 26.1 Å². The molecule has 33 heavy (non-hydrogen) atoms.